The van der Waals surface area contributed by atoms with E-state index in [1.54, 1.807) is 23.0 Å². The first-order valence-electron chi connectivity index (χ1n) is 11.5. The van der Waals surface area contributed by atoms with Crippen molar-refractivity contribution in [3.05, 3.63) is 53.9 Å². The van der Waals surface area contributed by atoms with Crippen LogP contribution in [0.15, 0.2) is 52.1 Å². The van der Waals surface area contributed by atoms with Crippen LogP contribution in [0.5, 0.6) is 17.2 Å². The van der Waals surface area contributed by atoms with Gasteiger partial charge in [0.15, 0.2) is 16.3 Å². The summed E-state index contributed by atoms with van der Waals surface area (Å²) in [5, 5.41) is 8.67. The van der Waals surface area contributed by atoms with Gasteiger partial charge < -0.3 is 18.7 Å². The third kappa shape index (κ3) is 4.18. The number of nitrogens with one attached hydrogen (secondary N) is 1. The summed E-state index contributed by atoms with van der Waals surface area (Å²) in [6.45, 7) is 0.909. The number of rotatable bonds is 7. The average Bonchev–Trinajstić information content (AvgIpc) is 3.66. The average molecular weight is 561 g/mol. The molecule has 0 radical (unpaired) electrons. The van der Waals surface area contributed by atoms with E-state index in [1.807, 2.05) is 47.9 Å². The van der Waals surface area contributed by atoms with E-state index in [-0.39, 0.29) is 20.5 Å². The maximum atomic E-state index is 13.9. The fourth-order valence-electron chi connectivity index (χ4n) is 4.75. The number of fused-ring (bicyclic) bond motifs is 3. The zero-order valence-corrected chi connectivity index (χ0v) is 22.5. The van der Waals surface area contributed by atoms with Gasteiger partial charge in [0, 0.05) is 35.9 Å². The molecule has 0 bridgehead atoms. The summed E-state index contributed by atoms with van der Waals surface area (Å²) < 4.78 is 54.4. The van der Waals surface area contributed by atoms with E-state index < -0.39 is 10.0 Å². The van der Waals surface area contributed by atoms with Crippen LogP contribution in [0.25, 0.3) is 11.0 Å². The number of hydrogen-bond donors (Lipinski definition) is 1. The molecule has 194 valence electrons. The SMILES string of the molecule is COc1ccc2c(c1S(=O)(=O)Nc1noc3cc(Cn4cccn4)cc(OC)c13)OCCC21SCCS1. The van der Waals surface area contributed by atoms with Gasteiger partial charge in [-0.25, -0.2) is 8.42 Å². The minimum atomic E-state index is -4.19. The molecule has 2 aliphatic heterocycles. The summed E-state index contributed by atoms with van der Waals surface area (Å²) in [7, 11) is -1.24. The maximum absolute atomic E-state index is 13.9. The number of sulfonamides is 1. The Morgan fingerprint density at radius 1 is 1.16 bits per heavy atom. The van der Waals surface area contributed by atoms with E-state index in [1.165, 1.54) is 14.2 Å². The van der Waals surface area contributed by atoms with Crippen LogP contribution < -0.4 is 18.9 Å². The summed E-state index contributed by atoms with van der Waals surface area (Å²) in [6, 6.07) is 9.03. The molecule has 2 aromatic heterocycles. The zero-order chi connectivity index (χ0) is 25.6. The van der Waals surface area contributed by atoms with Crippen molar-refractivity contribution in [3.8, 4) is 17.2 Å². The Kier molecular flexibility index (Phi) is 6.16. The summed E-state index contributed by atoms with van der Waals surface area (Å²) >= 11 is 3.67. The lowest BCUT2D eigenvalue weighted by atomic mass is 10.0. The molecule has 1 fully saturated rings. The maximum Gasteiger partial charge on any atom is 0.270 e. The molecule has 0 aliphatic carbocycles. The lowest BCUT2D eigenvalue weighted by molar-refractivity contribution is 0.268. The second kappa shape index (κ2) is 9.37. The molecule has 4 heterocycles. The van der Waals surface area contributed by atoms with Crippen molar-refractivity contribution < 1.29 is 27.2 Å². The van der Waals surface area contributed by atoms with Gasteiger partial charge in [0.25, 0.3) is 10.0 Å². The monoisotopic (exact) mass is 560 g/mol. The Labute approximate surface area is 222 Å². The van der Waals surface area contributed by atoms with Crippen LogP contribution in [0.2, 0.25) is 0 Å². The second-order valence-corrected chi connectivity index (χ2v) is 13.2. The van der Waals surface area contributed by atoms with Crippen molar-refractivity contribution in [1.82, 2.24) is 14.9 Å². The Morgan fingerprint density at radius 2 is 1.97 bits per heavy atom. The highest BCUT2D eigenvalue weighted by Crippen LogP contribution is 2.60. The van der Waals surface area contributed by atoms with Gasteiger partial charge in [-0.1, -0.05) is 5.16 Å². The van der Waals surface area contributed by atoms with E-state index in [2.05, 4.69) is 15.0 Å². The number of hydrogen-bond acceptors (Lipinski definition) is 10. The highest BCUT2D eigenvalue weighted by molar-refractivity contribution is 8.20. The van der Waals surface area contributed by atoms with Gasteiger partial charge in [-0.3, -0.25) is 9.40 Å². The number of anilines is 1. The molecule has 10 nitrogen and oxygen atoms in total. The minimum absolute atomic E-state index is 0.0206. The van der Waals surface area contributed by atoms with Crippen LogP contribution >= 0.6 is 23.5 Å². The van der Waals surface area contributed by atoms with E-state index in [0.717, 1.165) is 29.1 Å². The zero-order valence-electron chi connectivity index (χ0n) is 20.1. The fraction of sp³-hybridized carbons (Fsp3) is 0.333. The molecular weight excluding hydrogens is 536 g/mol. The Hall–Kier alpha value is -3.03. The molecule has 13 heteroatoms. The normalized spacial score (nSPS) is 16.5. The first-order chi connectivity index (χ1) is 17.9. The summed E-state index contributed by atoms with van der Waals surface area (Å²) in [4.78, 5) is -0.0508. The second-order valence-electron chi connectivity index (χ2n) is 8.53. The number of ether oxygens (including phenoxy) is 3. The lowest BCUT2D eigenvalue weighted by Gasteiger charge is -2.35. The first-order valence-corrected chi connectivity index (χ1v) is 15.0. The molecule has 1 saturated heterocycles. The molecular formula is C24H24N4O6S3. The van der Waals surface area contributed by atoms with Crippen LogP contribution in [-0.4, -0.2) is 55.7 Å². The first kappa shape index (κ1) is 24.3. The number of aromatic nitrogens is 3. The number of thioether (sulfide) groups is 2. The van der Waals surface area contributed by atoms with Crippen molar-refractivity contribution in [2.24, 2.45) is 0 Å². The van der Waals surface area contributed by atoms with Crippen LogP contribution in [0.4, 0.5) is 5.82 Å². The quantitative estimate of drug-likeness (QED) is 0.350. The van der Waals surface area contributed by atoms with Crippen molar-refractivity contribution >= 4 is 50.3 Å². The van der Waals surface area contributed by atoms with Gasteiger partial charge in [0.1, 0.15) is 22.6 Å². The molecule has 0 amide bonds. The van der Waals surface area contributed by atoms with E-state index in [0.29, 0.717) is 35.6 Å². The van der Waals surface area contributed by atoms with Gasteiger partial charge in [0.05, 0.1) is 31.5 Å². The number of nitrogens with zero attached hydrogens (tertiary/aromatic N) is 3. The van der Waals surface area contributed by atoms with Crippen LogP contribution in [-0.2, 0) is 20.6 Å². The van der Waals surface area contributed by atoms with Gasteiger partial charge in [0.2, 0.25) is 0 Å². The van der Waals surface area contributed by atoms with Crippen LogP contribution in [0.3, 0.4) is 0 Å². The van der Waals surface area contributed by atoms with Crippen LogP contribution in [0, 0.1) is 0 Å². The lowest BCUT2D eigenvalue weighted by Crippen LogP contribution is -2.27. The van der Waals surface area contributed by atoms with Crippen molar-refractivity contribution in [2.45, 2.75) is 21.9 Å². The van der Waals surface area contributed by atoms with Gasteiger partial charge in [-0.15, -0.1) is 23.5 Å². The van der Waals surface area contributed by atoms with Crippen molar-refractivity contribution in [2.75, 3.05) is 37.1 Å². The van der Waals surface area contributed by atoms with Gasteiger partial charge in [-0.2, -0.15) is 5.10 Å². The van der Waals surface area contributed by atoms with Gasteiger partial charge in [-0.05, 0) is 35.9 Å². The van der Waals surface area contributed by atoms with Crippen molar-refractivity contribution in [1.29, 1.82) is 0 Å². The van der Waals surface area contributed by atoms with Crippen molar-refractivity contribution in [3.63, 3.8) is 0 Å². The predicted octanol–water partition coefficient (Wildman–Crippen LogP) is 4.31. The molecule has 1 N–H and O–H groups in total. The molecule has 0 saturated carbocycles. The van der Waals surface area contributed by atoms with Gasteiger partial charge >= 0.3 is 0 Å². The predicted molar refractivity (Wildman–Crippen MR) is 142 cm³/mol. The summed E-state index contributed by atoms with van der Waals surface area (Å²) in [5.74, 6) is 2.97. The molecule has 0 atom stereocenters. The molecule has 4 aromatic rings. The largest absolute Gasteiger partial charge is 0.496 e. The third-order valence-corrected chi connectivity index (χ3v) is 11.3. The summed E-state index contributed by atoms with van der Waals surface area (Å²) in [6.07, 6.45) is 4.35. The van der Waals surface area contributed by atoms with E-state index in [9.17, 15) is 8.42 Å². The fourth-order valence-corrected chi connectivity index (χ4v) is 9.32. The molecule has 0 unspecified atom stereocenters. The molecule has 1 spiro atoms. The topological polar surface area (TPSA) is 118 Å². The van der Waals surface area contributed by atoms with E-state index >= 15 is 0 Å². The molecule has 2 aromatic carbocycles. The highest BCUT2D eigenvalue weighted by Gasteiger charge is 2.45. The Morgan fingerprint density at radius 3 is 2.70 bits per heavy atom. The number of benzene rings is 2. The molecule has 6 rings (SSSR count). The van der Waals surface area contributed by atoms with E-state index in [4.69, 9.17) is 18.7 Å². The highest BCUT2D eigenvalue weighted by atomic mass is 32.2. The molecule has 37 heavy (non-hydrogen) atoms. The third-order valence-electron chi connectivity index (χ3n) is 6.36. The Bertz CT molecular complexity index is 1560. The van der Waals surface area contributed by atoms with Crippen LogP contribution in [0.1, 0.15) is 17.5 Å². The Balaban J connectivity index is 1.41. The standard InChI is InChI=1S/C24H24N4O6S3/c1-31-17-5-4-16-21(33-9-6-24(16)35-10-11-36-24)22(17)37(29,30)27-23-20-18(32-2)12-15(13-19(20)34-26-23)14-28-8-3-7-25-28/h3-5,7-8,12-13H,6,9-11,14H2,1-2H3,(H,26,27). The number of methoxy groups -OCH3 is 2. The molecule has 2 aliphatic rings. The smallest absolute Gasteiger partial charge is 0.270 e. The minimum Gasteiger partial charge on any atom is -0.496 e. The summed E-state index contributed by atoms with van der Waals surface area (Å²) in [5.41, 5.74) is 2.11.